The molecule has 0 N–H and O–H groups in total. The summed E-state index contributed by atoms with van der Waals surface area (Å²) in [6, 6.07) is 16.7. The van der Waals surface area contributed by atoms with E-state index in [0.717, 1.165) is 47.5 Å². The van der Waals surface area contributed by atoms with Crippen LogP contribution in [0.1, 0.15) is 23.5 Å². The molecule has 4 aromatic rings. The smallest absolute Gasteiger partial charge is 0.233 e. The average molecular weight is 479 g/mol. The molecule has 3 heterocycles. The number of aromatic nitrogens is 4. The van der Waals surface area contributed by atoms with E-state index >= 15 is 0 Å². The Morgan fingerprint density at radius 1 is 1.09 bits per heavy atom. The van der Waals surface area contributed by atoms with Crippen LogP contribution in [-0.2, 0) is 4.79 Å². The molecule has 0 unspecified atom stereocenters. The van der Waals surface area contributed by atoms with Gasteiger partial charge in [-0.1, -0.05) is 41.6 Å². The van der Waals surface area contributed by atoms with Crippen molar-refractivity contribution < 1.29 is 4.79 Å². The lowest BCUT2D eigenvalue weighted by Gasteiger charge is -2.37. The lowest BCUT2D eigenvalue weighted by molar-refractivity contribution is -0.130. The number of fused-ring (bicyclic) bond motifs is 1. The Balaban J connectivity index is 1.15. The van der Waals surface area contributed by atoms with Crippen molar-refractivity contribution in [3.8, 4) is 5.69 Å². The molecule has 9 heteroatoms. The van der Waals surface area contributed by atoms with Gasteiger partial charge in [-0.2, -0.15) is 0 Å². The molecule has 1 amide bonds. The van der Waals surface area contributed by atoms with E-state index in [1.165, 1.54) is 22.0 Å². The topological polar surface area (TPSA) is 67.2 Å². The highest BCUT2D eigenvalue weighted by molar-refractivity contribution is 7.99. The standard InChI is InChI=1S/C24H26N6OS2/c1-17-7-9-19(10-8-17)30-16-25-27-24(30)32-15-22(31)29-13-11-28(12-14-29)18(2)23-26-20-5-3-4-6-21(20)33-23/h3-10,16,18H,11-15H2,1-2H3/t18-/m1/s1. The predicted octanol–water partition coefficient (Wildman–Crippen LogP) is 4.18. The zero-order chi connectivity index (χ0) is 22.8. The molecule has 0 saturated carbocycles. The van der Waals surface area contributed by atoms with Gasteiger partial charge in [-0.15, -0.1) is 21.5 Å². The van der Waals surface area contributed by atoms with E-state index in [0.29, 0.717) is 5.75 Å². The molecular weight excluding hydrogens is 452 g/mol. The first-order valence-electron chi connectivity index (χ1n) is 11.1. The Bertz CT molecular complexity index is 1210. The fourth-order valence-electron chi connectivity index (χ4n) is 4.01. The van der Waals surface area contributed by atoms with Gasteiger partial charge in [0.1, 0.15) is 11.3 Å². The van der Waals surface area contributed by atoms with Crippen molar-refractivity contribution in [2.24, 2.45) is 0 Å². The lowest BCUT2D eigenvalue weighted by atomic mass is 10.2. The van der Waals surface area contributed by atoms with E-state index in [9.17, 15) is 4.79 Å². The van der Waals surface area contributed by atoms with Crippen molar-refractivity contribution in [3.63, 3.8) is 0 Å². The third kappa shape index (κ3) is 4.80. The van der Waals surface area contributed by atoms with Crippen LogP contribution in [0.3, 0.4) is 0 Å². The molecule has 1 saturated heterocycles. The van der Waals surface area contributed by atoms with E-state index in [-0.39, 0.29) is 11.9 Å². The zero-order valence-electron chi connectivity index (χ0n) is 18.7. The van der Waals surface area contributed by atoms with Crippen LogP contribution in [0.2, 0.25) is 0 Å². The maximum atomic E-state index is 12.9. The second-order valence-electron chi connectivity index (χ2n) is 8.22. The molecule has 0 bridgehead atoms. The number of benzene rings is 2. The summed E-state index contributed by atoms with van der Waals surface area (Å²) in [6.45, 7) is 7.45. The number of para-hydroxylation sites is 1. The van der Waals surface area contributed by atoms with E-state index in [1.54, 1.807) is 17.7 Å². The summed E-state index contributed by atoms with van der Waals surface area (Å²) < 4.78 is 3.15. The van der Waals surface area contributed by atoms with Crippen LogP contribution in [0.5, 0.6) is 0 Å². The van der Waals surface area contributed by atoms with Crippen LogP contribution < -0.4 is 0 Å². The fourth-order valence-corrected chi connectivity index (χ4v) is 5.89. The van der Waals surface area contributed by atoms with Gasteiger partial charge < -0.3 is 4.90 Å². The van der Waals surface area contributed by atoms with Crippen molar-refractivity contribution in [1.82, 2.24) is 29.5 Å². The normalized spacial score (nSPS) is 15.8. The zero-order valence-corrected chi connectivity index (χ0v) is 20.4. The fraction of sp³-hybridized carbons (Fsp3) is 0.333. The third-order valence-electron chi connectivity index (χ3n) is 6.04. The minimum Gasteiger partial charge on any atom is -0.339 e. The van der Waals surface area contributed by atoms with Crippen LogP contribution in [-0.4, -0.2) is 67.4 Å². The van der Waals surface area contributed by atoms with Crippen LogP contribution >= 0.6 is 23.1 Å². The largest absolute Gasteiger partial charge is 0.339 e. The SMILES string of the molecule is Cc1ccc(-n2cnnc2SCC(=O)N2CCN([C@H](C)c3nc4ccccc4s3)CC2)cc1. The van der Waals surface area contributed by atoms with Crippen LogP contribution in [0.15, 0.2) is 60.0 Å². The van der Waals surface area contributed by atoms with Gasteiger partial charge in [0, 0.05) is 31.9 Å². The summed E-state index contributed by atoms with van der Waals surface area (Å²) in [5.74, 6) is 0.503. The summed E-state index contributed by atoms with van der Waals surface area (Å²) in [5.41, 5.74) is 3.26. The molecule has 1 atom stereocenters. The van der Waals surface area contributed by atoms with Gasteiger partial charge in [-0.3, -0.25) is 14.3 Å². The number of aryl methyl sites for hydroxylation is 1. The van der Waals surface area contributed by atoms with Gasteiger partial charge in [0.15, 0.2) is 5.16 Å². The van der Waals surface area contributed by atoms with Gasteiger partial charge in [0.05, 0.1) is 22.0 Å². The number of carbonyl (C=O) groups excluding carboxylic acids is 1. The Morgan fingerprint density at radius 2 is 1.85 bits per heavy atom. The molecule has 1 fully saturated rings. The Labute approximate surface area is 201 Å². The van der Waals surface area contributed by atoms with E-state index < -0.39 is 0 Å². The molecule has 5 rings (SSSR count). The van der Waals surface area contributed by atoms with Gasteiger partial charge in [0.25, 0.3) is 0 Å². The molecule has 0 aliphatic carbocycles. The van der Waals surface area contributed by atoms with Crippen molar-refractivity contribution in [3.05, 3.63) is 65.4 Å². The number of nitrogens with zero attached hydrogens (tertiary/aromatic N) is 6. The minimum atomic E-state index is 0.144. The number of amides is 1. The lowest BCUT2D eigenvalue weighted by Crippen LogP contribution is -2.49. The third-order valence-corrected chi connectivity index (χ3v) is 8.17. The van der Waals surface area contributed by atoms with Crippen LogP contribution in [0.4, 0.5) is 0 Å². The molecule has 7 nitrogen and oxygen atoms in total. The Kier molecular flexibility index (Phi) is 6.43. The molecule has 2 aromatic carbocycles. The molecule has 170 valence electrons. The molecule has 1 aliphatic rings. The van der Waals surface area contributed by atoms with E-state index in [2.05, 4.69) is 59.3 Å². The number of hydrogen-bond acceptors (Lipinski definition) is 7. The molecular formula is C24H26N6OS2. The second kappa shape index (κ2) is 9.62. The maximum absolute atomic E-state index is 12.9. The Hall–Kier alpha value is -2.75. The summed E-state index contributed by atoms with van der Waals surface area (Å²) >= 11 is 3.20. The van der Waals surface area contributed by atoms with Crippen molar-refractivity contribution in [2.45, 2.75) is 25.0 Å². The monoisotopic (exact) mass is 478 g/mol. The van der Waals surface area contributed by atoms with E-state index in [1.807, 2.05) is 27.7 Å². The van der Waals surface area contributed by atoms with Crippen molar-refractivity contribution in [2.75, 3.05) is 31.9 Å². The molecule has 33 heavy (non-hydrogen) atoms. The first-order chi connectivity index (χ1) is 16.1. The van der Waals surface area contributed by atoms with Crippen LogP contribution in [0, 0.1) is 6.92 Å². The molecule has 0 radical (unpaired) electrons. The number of hydrogen-bond donors (Lipinski definition) is 0. The second-order valence-corrected chi connectivity index (χ2v) is 10.2. The first-order valence-corrected chi connectivity index (χ1v) is 12.9. The predicted molar refractivity (Wildman–Crippen MR) is 133 cm³/mol. The first kappa shape index (κ1) is 22.1. The number of carbonyl (C=O) groups is 1. The molecule has 2 aromatic heterocycles. The molecule has 1 aliphatic heterocycles. The van der Waals surface area contributed by atoms with Crippen LogP contribution in [0.25, 0.3) is 15.9 Å². The van der Waals surface area contributed by atoms with Gasteiger partial charge in [0.2, 0.25) is 5.91 Å². The highest BCUT2D eigenvalue weighted by Gasteiger charge is 2.26. The van der Waals surface area contributed by atoms with Crippen molar-refractivity contribution >= 4 is 39.2 Å². The summed E-state index contributed by atoms with van der Waals surface area (Å²) in [6.07, 6.45) is 1.69. The summed E-state index contributed by atoms with van der Waals surface area (Å²) in [5, 5.41) is 10.1. The Morgan fingerprint density at radius 3 is 2.61 bits per heavy atom. The number of piperazine rings is 1. The number of rotatable bonds is 6. The summed E-state index contributed by atoms with van der Waals surface area (Å²) in [7, 11) is 0. The van der Waals surface area contributed by atoms with Gasteiger partial charge in [-0.25, -0.2) is 4.98 Å². The van der Waals surface area contributed by atoms with E-state index in [4.69, 9.17) is 4.98 Å². The van der Waals surface area contributed by atoms with Crippen molar-refractivity contribution in [1.29, 1.82) is 0 Å². The number of thiazole rings is 1. The maximum Gasteiger partial charge on any atom is 0.233 e. The molecule has 0 spiro atoms. The quantitative estimate of drug-likeness (QED) is 0.387. The highest BCUT2D eigenvalue weighted by atomic mass is 32.2. The highest BCUT2D eigenvalue weighted by Crippen LogP contribution is 2.30. The van der Waals surface area contributed by atoms with Gasteiger partial charge >= 0.3 is 0 Å². The average Bonchev–Trinajstić information content (AvgIpc) is 3.50. The summed E-state index contributed by atoms with van der Waals surface area (Å²) in [4.78, 5) is 22.1. The minimum absolute atomic E-state index is 0.144. The number of thioether (sulfide) groups is 1. The van der Waals surface area contributed by atoms with Gasteiger partial charge in [-0.05, 0) is 38.1 Å².